The SMILES string of the molecule is [2H]C([2H])(Cc1cc(Br)cc(Br)c1N)NC1CCC(O)CC1. The largest absolute Gasteiger partial charge is 0.398 e. The van der Waals surface area contributed by atoms with Gasteiger partial charge in [0.1, 0.15) is 0 Å². The molecular weight excluding hydrogens is 372 g/mol. The van der Waals surface area contributed by atoms with Crippen LogP contribution >= 0.6 is 31.9 Å². The Labute approximate surface area is 134 Å². The van der Waals surface area contributed by atoms with E-state index in [0.717, 1.165) is 40.2 Å². The Morgan fingerprint density at radius 2 is 2.00 bits per heavy atom. The van der Waals surface area contributed by atoms with Crippen LogP contribution in [0, 0.1) is 0 Å². The van der Waals surface area contributed by atoms with Crippen molar-refractivity contribution in [2.45, 2.75) is 44.2 Å². The predicted octanol–water partition coefficient (Wildman–Crippen LogP) is 3.23. The van der Waals surface area contributed by atoms with Crippen molar-refractivity contribution in [3.8, 4) is 0 Å². The normalized spacial score (nSPS) is 25.8. The summed E-state index contributed by atoms with van der Waals surface area (Å²) in [7, 11) is 0. The number of nitrogen functional groups attached to an aromatic ring is 1. The fourth-order valence-corrected chi connectivity index (χ4v) is 3.61. The van der Waals surface area contributed by atoms with Crippen LogP contribution in [0.25, 0.3) is 0 Å². The van der Waals surface area contributed by atoms with Gasteiger partial charge in [-0.15, -0.1) is 0 Å². The Balaban J connectivity index is 2.03. The monoisotopic (exact) mass is 392 g/mol. The van der Waals surface area contributed by atoms with E-state index in [-0.39, 0.29) is 18.6 Å². The third kappa shape index (κ3) is 4.45. The van der Waals surface area contributed by atoms with Gasteiger partial charge in [-0.25, -0.2) is 0 Å². The van der Waals surface area contributed by atoms with E-state index >= 15 is 0 Å². The van der Waals surface area contributed by atoms with Gasteiger partial charge in [-0.3, -0.25) is 0 Å². The highest BCUT2D eigenvalue weighted by Crippen LogP contribution is 2.28. The number of halogens is 2. The lowest BCUT2D eigenvalue weighted by Gasteiger charge is -2.26. The molecule has 5 heteroatoms. The van der Waals surface area contributed by atoms with E-state index in [1.165, 1.54) is 0 Å². The maximum absolute atomic E-state index is 9.51. The first-order valence-corrected chi connectivity index (χ1v) is 8.04. The molecule has 0 aliphatic heterocycles. The Morgan fingerprint density at radius 3 is 2.68 bits per heavy atom. The Kier molecular flexibility index (Phi) is 4.70. The molecule has 0 amide bonds. The van der Waals surface area contributed by atoms with Crippen molar-refractivity contribution in [3.05, 3.63) is 26.6 Å². The molecule has 0 atom stereocenters. The Hall–Kier alpha value is -0.100. The maximum atomic E-state index is 9.51. The van der Waals surface area contributed by atoms with Crippen molar-refractivity contribution in [3.63, 3.8) is 0 Å². The zero-order chi connectivity index (χ0) is 15.6. The van der Waals surface area contributed by atoms with Crippen LogP contribution in [0.2, 0.25) is 0 Å². The van der Waals surface area contributed by atoms with Gasteiger partial charge in [0, 0.05) is 23.4 Å². The van der Waals surface area contributed by atoms with Crippen molar-refractivity contribution in [2.24, 2.45) is 0 Å². The number of anilines is 1. The lowest BCUT2D eigenvalue weighted by molar-refractivity contribution is 0.117. The Bertz CT molecular complexity index is 506. The number of nitrogens with one attached hydrogen (secondary N) is 1. The standard InChI is InChI=1S/C14H20Br2N2O/c15-10-7-9(14(17)13(16)8-10)5-6-18-11-1-3-12(19)4-2-11/h7-8,11-12,18-19H,1-6,17H2/i6D2. The van der Waals surface area contributed by atoms with E-state index < -0.39 is 6.50 Å². The molecule has 4 N–H and O–H groups in total. The fourth-order valence-electron chi connectivity index (χ4n) is 2.30. The number of aryl methyl sites for hydroxylation is 1. The quantitative estimate of drug-likeness (QED) is 0.688. The van der Waals surface area contributed by atoms with Crippen LogP contribution in [0.3, 0.4) is 0 Å². The summed E-state index contributed by atoms with van der Waals surface area (Å²) >= 11 is 6.79. The molecule has 0 saturated heterocycles. The minimum Gasteiger partial charge on any atom is -0.398 e. The lowest BCUT2D eigenvalue weighted by Crippen LogP contribution is -2.35. The minimum atomic E-state index is -1.53. The number of benzene rings is 1. The highest BCUT2D eigenvalue weighted by Gasteiger charge is 2.18. The van der Waals surface area contributed by atoms with Gasteiger partial charge >= 0.3 is 0 Å². The van der Waals surface area contributed by atoms with Gasteiger partial charge < -0.3 is 16.2 Å². The first-order chi connectivity index (χ1) is 9.77. The van der Waals surface area contributed by atoms with Crippen LogP contribution in [0.5, 0.6) is 0 Å². The van der Waals surface area contributed by atoms with Crippen LogP contribution in [0.4, 0.5) is 5.69 Å². The van der Waals surface area contributed by atoms with E-state index in [1.54, 1.807) is 0 Å². The summed E-state index contributed by atoms with van der Waals surface area (Å²) < 4.78 is 18.0. The minimum absolute atomic E-state index is 0.111. The molecule has 0 bridgehead atoms. The summed E-state index contributed by atoms with van der Waals surface area (Å²) in [5.74, 6) is 0. The number of hydrogen-bond donors (Lipinski definition) is 3. The maximum Gasteiger partial charge on any atom is 0.0541 e. The average molecular weight is 394 g/mol. The first-order valence-electron chi connectivity index (χ1n) is 7.46. The predicted molar refractivity (Wildman–Crippen MR) is 86.2 cm³/mol. The number of rotatable bonds is 4. The molecule has 1 saturated carbocycles. The van der Waals surface area contributed by atoms with E-state index in [0.29, 0.717) is 5.69 Å². The molecule has 1 aromatic rings. The summed E-state index contributed by atoms with van der Waals surface area (Å²) in [6.07, 6.45) is 3.05. The van der Waals surface area contributed by atoms with Gasteiger partial charge in [-0.2, -0.15) is 0 Å². The van der Waals surface area contributed by atoms with Crippen molar-refractivity contribution in [1.29, 1.82) is 0 Å². The summed E-state index contributed by atoms with van der Waals surface area (Å²) in [4.78, 5) is 0. The molecule has 3 nitrogen and oxygen atoms in total. The molecule has 0 heterocycles. The Morgan fingerprint density at radius 1 is 1.32 bits per heavy atom. The molecule has 0 aromatic heterocycles. The third-order valence-electron chi connectivity index (χ3n) is 3.46. The van der Waals surface area contributed by atoms with Gasteiger partial charge in [0.05, 0.1) is 6.10 Å². The molecule has 1 aliphatic rings. The van der Waals surface area contributed by atoms with Crippen LogP contribution in [-0.2, 0) is 6.42 Å². The molecule has 1 aromatic carbocycles. The summed E-state index contributed by atoms with van der Waals surface area (Å²) in [6.45, 7) is -1.53. The van der Waals surface area contributed by atoms with Gasteiger partial charge in [0.15, 0.2) is 0 Å². The summed E-state index contributed by atoms with van der Waals surface area (Å²) in [6, 6.07) is 3.81. The zero-order valence-electron chi connectivity index (χ0n) is 12.6. The zero-order valence-corrected chi connectivity index (χ0v) is 13.8. The number of hydrogen-bond acceptors (Lipinski definition) is 3. The third-order valence-corrected chi connectivity index (χ3v) is 4.58. The topological polar surface area (TPSA) is 58.3 Å². The fraction of sp³-hybridized carbons (Fsp3) is 0.571. The first kappa shape index (κ1) is 12.6. The lowest BCUT2D eigenvalue weighted by atomic mass is 9.93. The number of aliphatic hydroxyl groups excluding tert-OH is 1. The van der Waals surface area contributed by atoms with Crippen molar-refractivity contribution < 1.29 is 7.85 Å². The van der Waals surface area contributed by atoms with Crippen molar-refractivity contribution in [2.75, 3.05) is 12.2 Å². The number of aliphatic hydroxyl groups is 1. The van der Waals surface area contributed by atoms with Crippen LogP contribution in [0.1, 0.15) is 34.0 Å². The molecule has 1 aliphatic carbocycles. The summed E-state index contributed by atoms with van der Waals surface area (Å²) in [5.41, 5.74) is 7.36. The van der Waals surface area contributed by atoms with E-state index in [2.05, 4.69) is 37.2 Å². The number of nitrogens with two attached hydrogens (primary N) is 1. The molecule has 19 heavy (non-hydrogen) atoms. The second-order valence-electron chi connectivity index (χ2n) is 4.96. The van der Waals surface area contributed by atoms with Crippen LogP contribution in [-0.4, -0.2) is 23.7 Å². The second kappa shape index (κ2) is 7.07. The molecular formula is C14H20Br2N2O. The highest BCUT2D eigenvalue weighted by atomic mass is 79.9. The van der Waals surface area contributed by atoms with E-state index in [1.807, 2.05) is 12.1 Å². The summed E-state index contributed by atoms with van der Waals surface area (Å²) in [5, 5.41) is 12.6. The molecule has 2 rings (SSSR count). The molecule has 0 unspecified atom stereocenters. The van der Waals surface area contributed by atoms with E-state index in [4.69, 9.17) is 8.48 Å². The molecule has 0 radical (unpaired) electrons. The second-order valence-corrected chi connectivity index (χ2v) is 6.73. The van der Waals surface area contributed by atoms with Crippen LogP contribution in [0.15, 0.2) is 21.1 Å². The molecule has 1 fully saturated rings. The van der Waals surface area contributed by atoms with Crippen molar-refractivity contribution in [1.82, 2.24) is 5.32 Å². The smallest absolute Gasteiger partial charge is 0.0541 e. The van der Waals surface area contributed by atoms with Crippen LogP contribution < -0.4 is 11.1 Å². The highest BCUT2D eigenvalue weighted by molar-refractivity contribution is 9.11. The van der Waals surface area contributed by atoms with Crippen molar-refractivity contribution >= 4 is 37.5 Å². The van der Waals surface area contributed by atoms with Gasteiger partial charge in [-0.1, -0.05) is 15.9 Å². The average Bonchev–Trinajstić information content (AvgIpc) is 2.37. The molecule has 0 spiro atoms. The molecule has 106 valence electrons. The van der Waals surface area contributed by atoms with E-state index in [9.17, 15) is 5.11 Å². The van der Waals surface area contributed by atoms with Gasteiger partial charge in [-0.05, 0) is 72.2 Å². The van der Waals surface area contributed by atoms with Gasteiger partial charge in [0.25, 0.3) is 0 Å². The van der Waals surface area contributed by atoms with Gasteiger partial charge in [0.2, 0.25) is 0 Å².